The van der Waals surface area contributed by atoms with Gasteiger partial charge < -0.3 is 0 Å². The van der Waals surface area contributed by atoms with Gasteiger partial charge >= 0.3 is 0 Å². The Labute approximate surface area is 111 Å². The van der Waals surface area contributed by atoms with Gasteiger partial charge in [0.15, 0.2) is 6.29 Å². The molecule has 0 aliphatic heterocycles. The van der Waals surface area contributed by atoms with Crippen LogP contribution in [0.4, 0.5) is 0 Å². The van der Waals surface area contributed by atoms with Crippen molar-refractivity contribution in [2.75, 3.05) is 0 Å². The van der Waals surface area contributed by atoms with E-state index in [2.05, 4.69) is 36.2 Å². The molecule has 3 aromatic rings. The topological polar surface area (TPSA) is 34.4 Å². The zero-order chi connectivity index (χ0) is 13.2. The van der Waals surface area contributed by atoms with Crippen molar-refractivity contribution in [3.8, 4) is 11.3 Å². The lowest BCUT2D eigenvalue weighted by atomic mass is 10.1. The molecule has 0 radical (unpaired) electrons. The Morgan fingerprint density at radius 2 is 1.95 bits per heavy atom. The molecule has 0 unspecified atom stereocenters. The van der Waals surface area contributed by atoms with Crippen LogP contribution in [0.2, 0.25) is 0 Å². The molecule has 3 heteroatoms. The summed E-state index contributed by atoms with van der Waals surface area (Å²) in [6.07, 6.45) is 3.46. The zero-order valence-electron chi connectivity index (χ0n) is 10.7. The lowest BCUT2D eigenvalue weighted by Crippen LogP contribution is -1.96. The van der Waals surface area contributed by atoms with Crippen LogP contribution in [-0.2, 0) is 6.42 Å². The van der Waals surface area contributed by atoms with Crippen molar-refractivity contribution in [2.45, 2.75) is 13.3 Å². The average molecular weight is 250 g/mol. The monoisotopic (exact) mass is 250 g/mol. The molecule has 0 aliphatic carbocycles. The van der Waals surface area contributed by atoms with Crippen LogP contribution in [0.1, 0.15) is 23.0 Å². The van der Waals surface area contributed by atoms with Crippen molar-refractivity contribution in [2.24, 2.45) is 0 Å². The summed E-state index contributed by atoms with van der Waals surface area (Å²) in [6.45, 7) is 2.14. The molecular weight excluding hydrogens is 236 g/mol. The van der Waals surface area contributed by atoms with E-state index in [0.717, 1.165) is 29.6 Å². The van der Waals surface area contributed by atoms with Crippen LogP contribution < -0.4 is 0 Å². The van der Waals surface area contributed by atoms with E-state index < -0.39 is 0 Å². The number of carbonyl (C=O) groups excluding carboxylic acids is 1. The molecule has 0 N–H and O–H groups in total. The molecule has 3 nitrogen and oxygen atoms in total. The molecule has 0 aliphatic rings. The first-order valence-electron chi connectivity index (χ1n) is 6.34. The number of aryl methyl sites for hydroxylation is 1. The third kappa shape index (κ3) is 1.93. The molecule has 1 aromatic carbocycles. The van der Waals surface area contributed by atoms with E-state index in [1.54, 1.807) is 6.20 Å². The molecule has 0 amide bonds. The van der Waals surface area contributed by atoms with Crippen LogP contribution in [0.15, 0.2) is 48.7 Å². The van der Waals surface area contributed by atoms with Crippen molar-refractivity contribution < 1.29 is 4.79 Å². The van der Waals surface area contributed by atoms with E-state index >= 15 is 0 Å². The van der Waals surface area contributed by atoms with Gasteiger partial charge in [-0.3, -0.25) is 9.20 Å². The highest BCUT2D eigenvalue weighted by atomic mass is 16.1. The van der Waals surface area contributed by atoms with Gasteiger partial charge in [0.2, 0.25) is 0 Å². The number of fused-ring (bicyclic) bond motifs is 1. The largest absolute Gasteiger partial charge is 0.296 e. The van der Waals surface area contributed by atoms with Gasteiger partial charge in [-0.1, -0.05) is 37.3 Å². The van der Waals surface area contributed by atoms with Crippen molar-refractivity contribution in [3.63, 3.8) is 0 Å². The van der Waals surface area contributed by atoms with Gasteiger partial charge in [0, 0.05) is 0 Å². The Morgan fingerprint density at radius 3 is 2.63 bits per heavy atom. The molecule has 0 saturated carbocycles. The molecule has 2 aromatic heterocycles. The van der Waals surface area contributed by atoms with Crippen LogP contribution in [0, 0.1) is 0 Å². The SMILES string of the molecule is CCc1ccc(-c2cccc3ncc(C=O)n23)cc1. The predicted octanol–water partition coefficient (Wildman–Crippen LogP) is 3.38. The van der Waals surface area contributed by atoms with Gasteiger partial charge in [-0.05, 0) is 29.7 Å². The number of aromatic nitrogens is 2. The van der Waals surface area contributed by atoms with E-state index in [4.69, 9.17) is 0 Å². The second-order valence-electron chi connectivity index (χ2n) is 4.46. The van der Waals surface area contributed by atoms with Gasteiger partial charge in [0.1, 0.15) is 11.3 Å². The molecule has 0 bridgehead atoms. The minimum Gasteiger partial charge on any atom is -0.296 e. The quantitative estimate of drug-likeness (QED) is 0.668. The molecule has 0 atom stereocenters. The van der Waals surface area contributed by atoms with Gasteiger partial charge in [0.25, 0.3) is 0 Å². The van der Waals surface area contributed by atoms with Gasteiger partial charge in [-0.15, -0.1) is 0 Å². The van der Waals surface area contributed by atoms with Crippen molar-refractivity contribution >= 4 is 11.9 Å². The van der Waals surface area contributed by atoms with Crippen molar-refractivity contribution in [1.29, 1.82) is 0 Å². The number of benzene rings is 1. The summed E-state index contributed by atoms with van der Waals surface area (Å²) in [7, 11) is 0. The second kappa shape index (κ2) is 4.69. The summed E-state index contributed by atoms with van der Waals surface area (Å²) < 4.78 is 1.88. The van der Waals surface area contributed by atoms with E-state index in [1.807, 2.05) is 22.6 Å². The third-order valence-corrected chi connectivity index (χ3v) is 3.34. The van der Waals surface area contributed by atoms with Crippen LogP contribution in [0.25, 0.3) is 16.9 Å². The molecule has 0 saturated heterocycles. The normalized spacial score (nSPS) is 10.8. The van der Waals surface area contributed by atoms with Crippen molar-refractivity contribution in [1.82, 2.24) is 9.38 Å². The summed E-state index contributed by atoms with van der Waals surface area (Å²) in [5.74, 6) is 0. The summed E-state index contributed by atoms with van der Waals surface area (Å²) in [6, 6.07) is 14.3. The summed E-state index contributed by atoms with van der Waals surface area (Å²) >= 11 is 0. The number of hydrogen-bond acceptors (Lipinski definition) is 2. The molecule has 94 valence electrons. The van der Waals surface area contributed by atoms with E-state index in [9.17, 15) is 4.79 Å². The first-order valence-corrected chi connectivity index (χ1v) is 6.34. The predicted molar refractivity (Wildman–Crippen MR) is 75.4 cm³/mol. The number of hydrogen-bond donors (Lipinski definition) is 0. The minimum absolute atomic E-state index is 0.574. The van der Waals surface area contributed by atoms with Gasteiger partial charge in [0.05, 0.1) is 11.9 Å². The Kier molecular flexibility index (Phi) is 2.88. The number of rotatable bonds is 3. The number of aldehydes is 1. The van der Waals surface area contributed by atoms with E-state index in [-0.39, 0.29) is 0 Å². The first-order chi connectivity index (χ1) is 9.33. The Balaban J connectivity index is 2.23. The highest BCUT2D eigenvalue weighted by molar-refractivity contribution is 5.77. The highest BCUT2D eigenvalue weighted by Gasteiger charge is 2.08. The first kappa shape index (κ1) is 11.7. The molecular formula is C16H14N2O. The van der Waals surface area contributed by atoms with Crippen molar-refractivity contribution in [3.05, 3.63) is 59.9 Å². The highest BCUT2D eigenvalue weighted by Crippen LogP contribution is 2.22. The summed E-state index contributed by atoms with van der Waals surface area (Å²) in [5, 5.41) is 0. The number of carbonyl (C=O) groups is 1. The van der Waals surface area contributed by atoms with Crippen LogP contribution >= 0.6 is 0 Å². The van der Waals surface area contributed by atoms with Crippen LogP contribution in [0.5, 0.6) is 0 Å². The van der Waals surface area contributed by atoms with Crippen LogP contribution in [0.3, 0.4) is 0 Å². The zero-order valence-corrected chi connectivity index (χ0v) is 10.7. The fourth-order valence-corrected chi connectivity index (χ4v) is 2.28. The summed E-state index contributed by atoms with van der Waals surface area (Å²) in [5.41, 5.74) is 4.74. The van der Waals surface area contributed by atoms with Crippen LogP contribution in [-0.4, -0.2) is 15.7 Å². The number of imidazole rings is 1. The Hall–Kier alpha value is -2.42. The lowest BCUT2D eigenvalue weighted by molar-refractivity contribution is 0.111. The maximum atomic E-state index is 11.1. The number of pyridine rings is 1. The fraction of sp³-hybridized carbons (Fsp3) is 0.125. The maximum Gasteiger partial charge on any atom is 0.168 e. The minimum atomic E-state index is 0.574. The fourth-order valence-electron chi connectivity index (χ4n) is 2.28. The maximum absolute atomic E-state index is 11.1. The lowest BCUT2D eigenvalue weighted by Gasteiger charge is -2.07. The molecule has 0 fully saturated rings. The average Bonchev–Trinajstić information content (AvgIpc) is 2.90. The molecule has 19 heavy (non-hydrogen) atoms. The Morgan fingerprint density at radius 1 is 1.16 bits per heavy atom. The van der Waals surface area contributed by atoms with E-state index in [1.165, 1.54) is 5.56 Å². The second-order valence-corrected chi connectivity index (χ2v) is 4.46. The molecule has 2 heterocycles. The smallest absolute Gasteiger partial charge is 0.168 e. The molecule has 0 spiro atoms. The number of nitrogens with zero attached hydrogens (tertiary/aromatic N) is 2. The molecule has 3 rings (SSSR count). The third-order valence-electron chi connectivity index (χ3n) is 3.34. The summed E-state index contributed by atoms with van der Waals surface area (Å²) in [4.78, 5) is 15.3. The van der Waals surface area contributed by atoms with E-state index in [0.29, 0.717) is 5.69 Å². The Bertz CT molecular complexity index is 726. The van der Waals surface area contributed by atoms with Gasteiger partial charge in [-0.25, -0.2) is 4.98 Å². The standard InChI is InChI=1S/C16H14N2O/c1-2-12-6-8-13(9-7-12)15-4-3-5-16-17-10-14(11-19)18(15)16/h3-11H,2H2,1H3. The van der Waals surface area contributed by atoms with Gasteiger partial charge in [-0.2, -0.15) is 0 Å².